The summed E-state index contributed by atoms with van der Waals surface area (Å²) in [5.74, 6) is 0.744. The normalized spacial score (nSPS) is 11.9. The first kappa shape index (κ1) is 17.1. The number of carbonyl (C=O) groups is 1. The van der Waals surface area contributed by atoms with Gasteiger partial charge >= 0.3 is 0 Å². The summed E-state index contributed by atoms with van der Waals surface area (Å²) in [6, 6.07) is 11.0. The van der Waals surface area contributed by atoms with Gasteiger partial charge in [0.05, 0.1) is 12.7 Å². The van der Waals surface area contributed by atoms with E-state index in [-0.39, 0.29) is 12.9 Å². The number of aldehydes is 1. The van der Waals surface area contributed by atoms with E-state index in [0.29, 0.717) is 18.6 Å². The Kier molecular flexibility index (Phi) is 6.72. The zero-order valence-corrected chi connectivity index (χ0v) is 13.4. The highest BCUT2D eigenvalue weighted by atomic mass is 16.7. The average molecular weight is 315 g/mol. The van der Waals surface area contributed by atoms with Crippen molar-refractivity contribution in [3.05, 3.63) is 59.4 Å². The summed E-state index contributed by atoms with van der Waals surface area (Å²) in [4.78, 5) is 15.0. The van der Waals surface area contributed by atoms with Gasteiger partial charge in [-0.3, -0.25) is 9.78 Å². The second-order valence-corrected chi connectivity index (χ2v) is 5.08. The summed E-state index contributed by atoms with van der Waals surface area (Å²) in [6.45, 7) is 2.75. The largest absolute Gasteiger partial charge is 0.493 e. The van der Waals surface area contributed by atoms with Crippen molar-refractivity contribution in [1.82, 2.24) is 4.98 Å². The van der Waals surface area contributed by atoms with Crippen LogP contribution in [0.1, 0.15) is 34.6 Å². The van der Waals surface area contributed by atoms with Crippen molar-refractivity contribution < 1.29 is 19.0 Å². The molecule has 0 aliphatic heterocycles. The van der Waals surface area contributed by atoms with Crippen molar-refractivity contribution in [1.29, 1.82) is 0 Å². The van der Waals surface area contributed by atoms with Crippen LogP contribution in [0.15, 0.2) is 42.6 Å². The van der Waals surface area contributed by atoms with E-state index in [0.717, 1.165) is 23.3 Å². The molecule has 2 aromatic rings. The molecule has 0 fully saturated rings. The molecule has 1 aromatic heterocycles. The second kappa shape index (κ2) is 9.02. The minimum absolute atomic E-state index is 0.0518. The van der Waals surface area contributed by atoms with Crippen LogP contribution in [-0.4, -0.2) is 31.8 Å². The molecule has 0 bridgehead atoms. The first-order valence-electron chi connectivity index (χ1n) is 7.46. The molecule has 0 aliphatic rings. The van der Waals surface area contributed by atoms with Gasteiger partial charge in [-0.15, -0.1) is 0 Å². The third-order valence-electron chi connectivity index (χ3n) is 3.40. The molecule has 0 N–H and O–H groups in total. The van der Waals surface area contributed by atoms with Crippen LogP contribution in [0, 0.1) is 0 Å². The van der Waals surface area contributed by atoms with Gasteiger partial charge in [0.15, 0.2) is 0 Å². The number of methoxy groups -OCH3 is 1. The first-order chi connectivity index (χ1) is 11.2. The Labute approximate surface area is 136 Å². The molecule has 1 aromatic carbocycles. The van der Waals surface area contributed by atoms with Gasteiger partial charge in [0.1, 0.15) is 18.8 Å². The van der Waals surface area contributed by atoms with E-state index in [4.69, 9.17) is 14.2 Å². The third-order valence-corrected chi connectivity index (χ3v) is 3.40. The maximum Gasteiger partial charge on any atom is 0.150 e. The quantitative estimate of drug-likeness (QED) is 0.525. The maximum atomic E-state index is 10.6. The molecular formula is C18H21NO4. The number of rotatable bonds is 9. The Morgan fingerprint density at radius 3 is 2.57 bits per heavy atom. The zero-order valence-electron chi connectivity index (χ0n) is 13.4. The van der Waals surface area contributed by atoms with Crippen LogP contribution in [-0.2, 0) is 15.9 Å². The fourth-order valence-electron chi connectivity index (χ4n) is 2.01. The first-order valence-corrected chi connectivity index (χ1v) is 7.46. The van der Waals surface area contributed by atoms with E-state index in [2.05, 4.69) is 4.98 Å². The molecule has 5 heteroatoms. The van der Waals surface area contributed by atoms with Crippen molar-refractivity contribution in [2.24, 2.45) is 0 Å². The summed E-state index contributed by atoms with van der Waals surface area (Å²) in [5, 5.41) is 0. The Bertz CT molecular complexity index is 595. The zero-order chi connectivity index (χ0) is 16.5. The van der Waals surface area contributed by atoms with Crippen molar-refractivity contribution in [3.63, 3.8) is 0 Å². The van der Waals surface area contributed by atoms with Gasteiger partial charge in [0.2, 0.25) is 0 Å². The lowest BCUT2D eigenvalue weighted by Gasteiger charge is -2.12. The van der Waals surface area contributed by atoms with Crippen LogP contribution >= 0.6 is 0 Å². The summed E-state index contributed by atoms with van der Waals surface area (Å²) in [7, 11) is 1.60. The third kappa shape index (κ3) is 5.47. The van der Waals surface area contributed by atoms with Crippen LogP contribution in [0.25, 0.3) is 0 Å². The summed E-state index contributed by atoms with van der Waals surface area (Å²) >= 11 is 0. The fourth-order valence-corrected chi connectivity index (χ4v) is 2.01. The van der Waals surface area contributed by atoms with E-state index in [9.17, 15) is 4.79 Å². The fraction of sp³-hybridized carbons (Fsp3) is 0.333. The molecule has 0 saturated carbocycles. The predicted molar refractivity (Wildman–Crippen MR) is 86.6 cm³/mol. The van der Waals surface area contributed by atoms with E-state index in [1.54, 1.807) is 31.4 Å². The Morgan fingerprint density at radius 2 is 1.96 bits per heavy atom. The highest BCUT2D eigenvalue weighted by Crippen LogP contribution is 2.16. The highest BCUT2D eigenvalue weighted by molar-refractivity contribution is 5.74. The predicted octanol–water partition coefficient (Wildman–Crippen LogP) is 3.20. The van der Waals surface area contributed by atoms with Gasteiger partial charge < -0.3 is 14.2 Å². The highest BCUT2D eigenvalue weighted by Gasteiger charge is 2.06. The summed E-state index contributed by atoms with van der Waals surface area (Å²) < 4.78 is 16.0. The van der Waals surface area contributed by atoms with Gasteiger partial charge in [0.25, 0.3) is 0 Å². The summed E-state index contributed by atoms with van der Waals surface area (Å²) in [5.41, 5.74) is 2.60. The van der Waals surface area contributed by atoms with E-state index in [1.165, 1.54) is 0 Å². The average Bonchev–Trinajstić information content (AvgIpc) is 2.61. The molecule has 0 aliphatic carbocycles. The number of hydrogen-bond acceptors (Lipinski definition) is 5. The van der Waals surface area contributed by atoms with Crippen LogP contribution in [0.2, 0.25) is 0 Å². The van der Waals surface area contributed by atoms with Gasteiger partial charge in [0, 0.05) is 31.0 Å². The summed E-state index contributed by atoms with van der Waals surface area (Å²) in [6.07, 6.45) is 3.29. The lowest BCUT2D eigenvalue weighted by Crippen LogP contribution is -2.06. The molecule has 0 radical (unpaired) electrons. The number of benzene rings is 1. The molecule has 1 atom stereocenters. The molecule has 5 nitrogen and oxygen atoms in total. The minimum atomic E-state index is -0.0518. The van der Waals surface area contributed by atoms with Crippen LogP contribution in [0.5, 0.6) is 5.75 Å². The van der Waals surface area contributed by atoms with Gasteiger partial charge in [-0.2, -0.15) is 0 Å². The lowest BCUT2D eigenvalue weighted by molar-refractivity contribution is -0.0667. The van der Waals surface area contributed by atoms with Gasteiger partial charge in [-0.1, -0.05) is 6.07 Å². The molecule has 0 spiro atoms. The molecule has 122 valence electrons. The van der Waals surface area contributed by atoms with E-state index >= 15 is 0 Å². The second-order valence-electron chi connectivity index (χ2n) is 5.08. The molecule has 2 rings (SSSR count). The molecule has 1 heterocycles. The number of pyridine rings is 1. The number of aromatic nitrogens is 1. The molecule has 23 heavy (non-hydrogen) atoms. The van der Waals surface area contributed by atoms with Gasteiger partial charge in [-0.25, -0.2) is 0 Å². The topological polar surface area (TPSA) is 57.7 Å². The van der Waals surface area contributed by atoms with E-state index in [1.807, 2.05) is 25.3 Å². The minimum Gasteiger partial charge on any atom is -0.493 e. The Morgan fingerprint density at radius 1 is 1.17 bits per heavy atom. The lowest BCUT2D eigenvalue weighted by atomic mass is 10.1. The van der Waals surface area contributed by atoms with Crippen molar-refractivity contribution >= 4 is 6.29 Å². The van der Waals surface area contributed by atoms with Crippen LogP contribution < -0.4 is 4.74 Å². The van der Waals surface area contributed by atoms with Gasteiger partial charge in [-0.05, 0) is 42.8 Å². The van der Waals surface area contributed by atoms with Crippen LogP contribution in [0.4, 0.5) is 0 Å². The maximum absolute atomic E-state index is 10.6. The number of ether oxygens (including phenoxy) is 3. The molecule has 0 saturated heterocycles. The number of nitrogens with zero attached hydrogens (tertiary/aromatic N) is 1. The Balaban J connectivity index is 1.80. The van der Waals surface area contributed by atoms with E-state index < -0.39 is 0 Å². The van der Waals surface area contributed by atoms with Crippen molar-refractivity contribution in [2.45, 2.75) is 19.4 Å². The van der Waals surface area contributed by atoms with Crippen LogP contribution in [0.3, 0.4) is 0 Å². The SMILES string of the molecule is COCOC(C)c1ccc(CCOc2ccc(C=O)cc2)nc1. The number of hydrogen-bond donors (Lipinski definition) is 0. The molecule has 0 amide bonds. The molecular weight excluding hydrogens is 294 g/mol. The molecule has 1 unspecified atom stereocenters. The smallest absolute Gasteiger partial charge is 0.150 e. The number of carbonyl (C=O) groups excluding carboxylic acids is 1. The van der Waals surface area contributed by atoms with Crippen molar-refractivity contribution in [2.75, 3.05) is 20.5 Å². The standard InChI is InChI=1S/C18H21NO4/c1-14(23-13-21-2)16-5-6-17(19-11-16)9-10-22-18-7-3-15(12-20)4-8-18/h3-8,11-12,14H,9-10,13H2,1-2H3. The van der Waals surface area contributed by atoms with Crippen molar-refractivity contribution in [3.8, 4) is 5.75 Å². The monoisotopic (exact) mass is 315 g/mol. The Hall–Kier alpha value is -2.24.